The van der Waals surface area contributed by atoms with Gasteiger partial charge in [0, 0.05) is 0 Å². The summed E-state index contributed by atoms with van der Waals surface area (Å²) in [5.41, 5.74) is 6.15. The smallest absolute Gasteiger partial charge is 0.408 e. The first-order chi connectivity index (χ1) is 11.3. The molecule has 0 saturated carbocycles. The molecule has 7 heteroatoms. The molecule has 0 fully saturated rings. The van der Waals surface area contributed by atoms with Crippen LogP contribution in [-0.4, -0.2) is 30.0 Å². The number of nitrogens with one attached hydrogen (secondary N) is 2. The number of nitrogens with two attached hydrogens (primary N) is 1. The minimum atomic E-state index is -0.848. The van der Waals surface area contributed by atoms with Crippen LogP contribution in [0.15, 0.2) is 30.3 Å². The quantitative estimate of drug-likeness (QED) is 0.665. The summed E-state index contributed by atoms with van der Waals surface area (Å²) in [4.78, 5) is 35.3. The Hall–Kier alpha value is -2.57. The van der Waals surface area contributed by atoms with E-state index in [0.29, 0.717) is 6.42 Å². The number of hydrogen-bond donors (Lipinski definition) is 3. The van der Waals surface area contributed by atoms with Crippen molar-refractivity contribution < 1.29 is 19.1 Å². The lowest BCUT2D eigenvalue weighted by molar-refractivity contribution is -0.129. The third-order valence-electron chi connectivity index (χ3n) is 3.76. The van der Waals surface area contributed by atoms with E-state index in [0.717, 1.165) is 5.56 Å². The van der Waals surface area contributed by atoms with Gasteiger partial charge in [-0.3, -0.25) is 9.59 Å². The van der Waals surface area contributed by atoms with Crippen LogP contribution in [-0.2, 0) is 20.9 Å². The van der Waals surface area contributed by atoms with E-state index in [4.69, 9.17) is 10.5 Å². The molecule has 1 unspecified atom stereocenters. The summed E-state index contributed by atoms with van der Waals surface area (Å²) in [5, 5.41) is 4.99. The first kappa shape index (κ1) is 19.5. The Balaban J connectivity index is 2.47. The molecule has 0 bridgehead atoms. The normalized spacial score (nSPS) is 14.1. The van der Waals surface area contributed by atoms with Crippen LogP contribution in [0.3, 0.4) is 0 Å². The maximum Gasteiger partial charge on any atom is 0.408 e. The van der Waals surface area contributed by atoms with Crippen LogP contribution >= 0.6 is 0 Å². The fourth-order valence-electron chi connectivity index (χ4n) is 2.01. The summed E-state index contributed by atoms with van der Waals surface area (Å²) in [6, 6.07) is 7.57. The van der Waals surface area contributed by atoms with Crippen LogP contribution < -0.4 is 16.4 Å². The molecule has 0 radical (unpaired) electrons. The van der Waals surface area contributed by atoms with Gasteiger partial charge in [-0.15, -0.1) is 0 Å². The Morgan fingerprint density at radius 3 is 2.29 bits per heavy atom. The van der Waals surface area contributed by atoms with Gasteiger partial charge in [-0.25, -0.2) is 4.79 Å². The Morgan fingerprint density at radius 1 is 1.12 bits per heavy atom. The van der Waals surface area contributed by atoms with Crippen molar-refractivity contribution >= 4 is 17.9 Å². The van der Waals surface area contributed by atoms with Gasteiger partial charge in [0.25, 0.3) is 0 Å². The Kier molecular flexibility index (Phi) is 7.74. The summed E-state index contributed by atoms with van der Waals surface area (Å²) in [6.45, 7) is 5.34. The molecule has 0 spiro atoms. The zero-order valence-corrected chi connectivity index (χ0v) is 14.2. The minimum absolute atomic E-state index is 0.0938. The van der Waals surface area contributed by atoms with Crippen LogP contribution in [0.2, 0.25) is 0 Å². The number of primary amides is 1. The summed E-state index contributed by atoms with van der Waals surface area (Å²) in [6.07, 6.45) is -0.0184. The lowest BCUT2D eigenvalue weighted by atomic mass is 9.98. The van der Waals surface area contributed by atoms with Crippen molar-refractivity contribution in [2.24, 2.45) is 11.7 Å². The fourth-order valence-corrected chi connectivity index (χ4v) is 2.01. The highest BCUT2D eigenvalue weighted by Crippen LogP contribution is 2.07. The molecule has 0 aliphatic heterocycles. The van der Waals surface area contributed by atoms with E-state index < -0.39 is 30.0 Å². The molecule has 1 aromatic rings. The molecular weight excluding hydrogens is 310 g/mol. The molecule has 0 aromatic heterocycles. The van der Waals surface area contributed by atoms with Crippen molar-refractivity contribution in [1.82, 2.24) is 10.6 Å². The summed E-state index contributed by atoms with van der Waals surface area (Å²) < 4.78 is 5.05. The van der Waals surface area contributed by atoms with Crippen molar-refractivity contribution in [1.29, 1.82) is 0 Å². The van der Waals surface area contributed by atoms with Crippen LogP contribution in [0.25, 0.3) is 0 Å². The van der Waals surface area contributed by atoms with Crippen molar-refractivity contribution in [2.45, 2.75) is 45.9 Å². The van der Waals surface area contributed by atoms with E-state index in [1.807, 2.05) is 44.2 Å². The molecule has 3 atom stereocenters. The van der Waals surface area contributed by atoms with Crippen LogP contribution in [0.1, 0.15) is 32.8 Å². The highest BCUT2D eigenvalue weighted by Gasteiger charge is 2.26. The molecule has 0 saturated heterocycles. The number of ether oxygens (including phenoxy) is 1. The van der Waals surface area contributed by atoms with Gasteiger partial charge in [0.05, 0.1) is 0 Å². The van der Waals surface area contributed by atoms with Crippen molar-refractivity contribution in [3.8, 4) is 0 Å². The SMILES string of the molecule is CCC(C)[C@H](NC(=O)[C@H](C)NC(=O)OCc1ccccc1)C(N)=O. The molecular formula is C17H25N3O4. The van der Waals surface area contributed by atoms with Crippen LogP contribution in [0, 0.1) is 5.92 Å². The average molecular weight is 335 g/mol. The molecule has 132 valence electrons. The molecule has 1 rings (SSSR count). The number of alkyl carbamates (subject to hydrolysis) is 1. The highest BCUT2D eigenvalue weighted by molar-refractivity contribution is 5.90. The average Bonchev–Trinajstić information content (AvgIpc) is 2.57. The van der Waals surface area contributed by atoms with Gasteiger partial charge >= 0.3 is 6.09 Å². The van der Waals surface area contributed by atoms with Gasteiger partial charge < -0.3 is 21.1 Å². The maximum atomic E-state index is 12.1. The van der Waals surface area contributed by atoms with E-state index in [9.17, 15) is 14.4 Å². The first-order valence-electron chi connectivity index (χ1n) is 7.92. The molecule has 0 heterocycles. The fraction of sp³-hybridized carbons (Fsp3) is 0.471. The predicted octanol–water partition coefficient (Wildman–Crippen LogP) is 1.32. The van der Waals surface area contributed by atoms with Gasteiger partial charge in [-0.05, 0) is 18.4 Å². The van der Waals surface area contributed by atoms with Gasteiger partial charge in [-0.2, -0.15) is 0 Å². The summed E-state index contributed by atoms with van der Waals surface area (Å²) >= 11 is 0. The standard InChI is InChI=1S/C17H25N3O4/c1-4-11(2)14(15(18)21)20-16(22)12(3)19-17(23)24-10-13-8-6-5-7-9-13/h5-9,11-12,14H,4,10H2,1-3H3,(H2,18,21)(H,19,23)(H,20,22)/t11?,12-,14-/m0/s1. The molecule has 1 aromatic carbocycles. The first-order valence-corrected chi connectivity index (χ1v) is 7.92. The molecule has 0 aliphatic rings. The van der Waals surface area contributed by atoms with E-state index in [-0.39, 0.29) is 12.5 Å². The molecule has 3 amide bonds. The molecule has 7 nitrogen and oxygen atoms in total. The minimum Gasteiger partial charge on any atom is -0.445 e. The van der Waals surface area contributed by atoms with E-state index >= 15 is 0 Å². The summed E-state index contributed by atoms with van der Waals surface area (Å²) in [5.74, 6) is -1.18. The number of benzene rings is 1. The second-order valence-corrected chi connectivity index (χ2v) is 5.70. The van der Waals surface area contributed by atoms with Gasteiger partial charge in [0.2, 0.25) is 11.8 Å². The number of amides is 3. The van der Waals surface area contributed by atoms with Gasteiger partial charge in [0.1, 0.15) is 18.7 Å². The Morgan fingerprint density at radius 2 is 1.75 bits per heavy atom. The van der Waals surface area contributed by atoms with E-state index in [1.54, 1.807) is 0 Å². The zero-order chi connectivity index (χ0) is 18.1. The highest BCUT2D eigenvalue weighted by atomic mass is 16.5. The Labute approximate surface area is 141 Å². The predicted molar refractivity (Wildman–Crippen MR) is 89.8 cm³/mol. The zero-order valence-electron chi connectivity index (χ0n) is 14.2. The monoisotopic (exact) mass is 335 g/mol. The lowest BCUT2D eigenvalue weighted by Gasteiger charge is -2.23. The lowest BCUT2D eigenvalue weighted by Crippen LogP contribution is -2.54. The number of carbonyl (C=O) groups is 3. The molecule has 24 heavy (non-hydrogen) atoms. The van der Waals surface area contributed by atoms with Crippen molar-refractivity contribution in [3.05, 3.63) is 35.9 Å². The van der Waals surface area contributed by atoms with Crippen molar-refractivity contribution in [2.75, 3.05) is 0 Å². The van der Waals surface area contributed by atoms with E-state index in [2.05, 4.69) is 10.6 Å². The maximum absolute atomic E-state index is 12.1. The summed E-state index contributed by atoms with van der Waals surface area (Å²) in [7, 11) is 0. The topological polar surface area (TPSA) is 111 Å². The Bertz CT molecular complexity index is 562. The van der Waals surface area contributed by atoms with Gasteiger partial charge in [0.15, 0.2) is 0 Å². The third-order valence-corrected chi connectivity index (χ3v) is 3.76. The van der Waals surface area contributed by atoms with Gasteiger partial charge in [-0.1, -0.05) is 50.6 Å². The number of hydrogen-bond acceptors (Lipinski definition) is 4. The second kappa shape index (κ2) is 9.54. The van der Waals surface area contributed by atoms with Crippen molar-refractivity contribution in [3.63, 3.8) is 0 Å². The third kappa shape index (κ3) is 6.28. The number of rotatable bonds is 8. The van der Waals surface area contributed by atoms with Crippen LogP contribution in [0.5, 0.6) is 0 Å². The molecule has 4 N–H and O–H groups in total. The molecule has 0 aliphatic carbocycles. The van der Waals surface area contributed by atoms with E-state index in [1.165, 1.54) is 6.92 Å². The largest absolute Gasteiger partial charge is 0.445 e. The van der Waals surface area contributed by atoms with Crippen LogP contribution in [0.4, 0.5) is 4.79 Å². The number of carbonyl (C=O) groups excluding carboxylic acids is 3. The second-order valence-electron chi connectivity index (χ2n) is 5.70.